The minimum Gasteiger partial charge on any atom is -0.209 e. The van der Waals surface area contributed by atoms with Gasteiger partial charge in [0, 0.05) is 23.1 Å². The topological polar surface area (TPSA) is 0 Å². The summed E-state index contributed by atoms with van der Waals surface area (Å²) >= 11 is 0. The second-order valence-electron chi connectivity index (χ2n) is 6.68. The van der Waals surface area contributed by atoms with Crippen molar-refractivity contribution in [1.29, 1.82) is 0 Å². The van der Waals surface area contributed by atoms with Gasteiger partial charge in [-0.1, -0.05) is 20.3 Å². The molecule has 0 aliphatic rings. The van der Waals surface area contributed by atoms with Gasteiger partial charge in [-0.25, -0.2) is 26.3 Å². The van der Waals surface area contributed by atoms with Crippen LogP contribution in [0.5, 0.6) is 0 Å². The van der Waals surface area contributed by atoms with E-state index >= 15 is 0 Å². The van der Waals surface area contributed by atoms with E-state index in [0.29, 0.717) is 12.8 Å². The maximum Gasteiger partial charge on any atom is 0.161 e. The van der Waals surface area contributed by atoms with Crippen molar-refractivity contribution in [3.63, 3.8) is 0 Å². The summed E-state index contributed by atoms with van der Waals surface area (Å²) in [6.45, 7) is 3.45. The quantitative estimate of drug-likeness (QED) is 0.405. The van der Waals surface area contributed by atoms with Crippen LogP contribution in [0.3, 0.4) is 0 Å². The molecule has 0 spiro atoms. The zero-order chi connectivity index (χ0) is 20.8. The van der Waals surface area contributed by atoms with E-state index in [2.05, 4.69) is 0 Å². The van der Waals surface area contributed by atoms with Gasteiger partial charge < -0.3 is 0 Å². The van der Waals surface area contributed by atoms with Crippen LogP contribution in [0.15, 0.2) is 30.1 Å². The number of allylic oxidation sites excluding steroid dienone is 1. The molecule has 2 rings (SSSR count). The molecule has 152 valence electrons. The lowest BCUT2D eigenvalue weighted by Gasteiger charge is -2.10. The first kappa shape index (κ1) is 22.1. The van der Waals surface area contributed by atoms with Crippen LogP contribution in [0.25, 0.3) is 5.83 Å². The molecule has 0 aromatic heterocycles. The summed E-state index contributed by atoms with van der Waals surface area (Å²) in [6, 6.07) is 3.77. The van der Waals surface area contributed by atoms with Gasteiger partial charge in [-0.15, -0.1) is 0 Å². The summed E-state index contributed by atoms with van der Waals surface area (Å²) in [5.41, 5.74) is -0.598. The summed E-state index contributed by atoms with van der Waals surface area (Å²) in [4.78, 5) is 0. The molecular weight excluding hydrogens is 378 g/mol. The zero-order valence-electron chi connectivity index (χ0n) is 15.8. The molecule has 0 radical (unpaired) electrons. The Balaban J connectivity index is 2.23. The normalized spacial score (nSPS) is 12.3. The SMILES string of the molecule is CCC/C(F)=C(/F)c1cc(F)c(CCc2cc(F)c(CCC)c(F)c2)c(F)c1. The van der Waals surface area contributed by atoms with E-state index in [0.717, 1.165) is 24.3 Å². The number of rotatable bonds is 8. The van der Waals surface area contributed by atoms with Crippen molar-refractivity contribution in [1.82, 2.24) is 0 Å². The first-order chi connectivity index (χ1) is 13.3. The first-order valence-electron chi connectivity index (χ1n) is 9.27. The molecule has 0 N–H and O–H groups in total. The van der Waals surface area contributed by atoms with Gasteiger partial charge in [0.1, 0.15) is 29.1 Å². The lowest BCUT2D eigenvalue weighted by molar-refractivity contribution is 0.541. The van der Waals surface area contributed by atoms with Gasteiger partial charge in [-0.05, 0) is 55.5 Å². The standard InChI is InChI=1S/C22H22F6/c1-3-5-15-18(24)9-13(10-19(15)25)7-8-16-20(26)11-14(12-21(16)27)22(28)17(23)6-4-2/h9-12H,3-8H2,1-2H3/b22-17-. The fourth-order valence-corrected chi connectivity index (χ4v) is 3.01. The van der Waals surface area contributed by atoms with Gasteiger partial charge in [0.2, 0.25) is 0 Å². The van der Waals surface area contributed by atoms with Crippen LogP contribution in [0, 0.1) is 23.3 Å². The molecule has 2 aromatic rings. The number of halogens is 6. The Morgan fingerprint density at radius 1 is 0.679 bits per heavy atom. The Hall–Kier alpha value is -2.24. The average Bonchev–Trinajstić information content (AvgIpc) is 2.63. The van der Waals surface area contributed by atoms with E-state index in [1.807, 2.05) is 0 Å². The van der Waals surface area contributed by atoms with Crippen molar-refractivity contribution in [2.45, 2.75) is 52.4 Å². The Morgan fingerprint density at radius 3 is 1.68 bits per heavy atom. The summed E-state index contributed by atoms with van der Waals surface area (Å²) in [5.74, 6) is -5.79. The highest BCUT2D eigenvalue weighted by Crippen LogP contribution is 2.28. The molecule has 0 saturated carbocycles. The molecule has 0 aliphatic heterocycles. The van der Waals surface area contributed by atoms with Crippen LogP contribution in [-0.2, 0) is 19.3 Å². The molecule has 0 nitrogen and oxygen atoms in total. The van der Waals surface area contributed by atoms with Crippen molar-refractivity contribution < 1.29 is 26.3 Å². The minimum absolute atomic E-state index is 0.00402. The first-order valence-corrected chi connectivity index (χ1v) is 9.27. The third-order valence-electron chi connectivity index (χ3n) is 4.47. The monoisotopic (exact) mass is 400 g/mol. The smallest absolute Gasteiger partial charge is 0.161 e. The van der Waals surface area contributed by atoms with E-state index in [1.54, 1.807) is 13.8 Å². The van der Waals surface area contributed by atoms with E-state index in [9.17, 15) is 26.3 Å². The molecule has 0 amide bonds. The number of hydrogen-bond acceptors (Lipinski definition) is 0. The lowest BCUT2D eigenvalue weighted by atomic mass is 9.99. The number of benzene rings is 2. The van der Waals surface area contributed by atoms with Crippen molar-refractivity contribution in [3.8, 4) is 0 Å². The molecule has 0 fully saturated rings. The van der Waals surface area contributed by atoms with Crippen molar-refractivity contribution in [2.24, 2.45) is 0 Å². The molecule has 28 heavy (non-hydrogen) atoms. The van der Waals surface area contributed by atoms with E-state index in [1.165, 1.54) is 0 Å². The molecule has 0 aliphatic carbocycles. The largest absolute Gasteiger partial charge is 0.209 e. The zero-order valence-corrected chi connectivity index (χ0v) is 15.8. The van der Waals surface area contributed by atoms with Crippen molar-refractivity contribution in [2.75, 3.05) is 0 Å². The average molecular weight is 400 g/mol. The Labute approximate surface area is 160 Å². The van der Waals surface area contributed by atoms with Crippen LogP contribution in [0.4, 0.5) is 26.3 Å². The van der Waals surface area contributed by atoms with E-state index in [-0.39, 0.29) is 42.4 Å². The van der Waals surface area contributed by atoms with Gasteiger partial charge in [0.05, 0.1) is 0 Å². The molecule has 2 aromatic carbocycles. The molecule has 6 heteroatoms. The molecule has 0 saturated heterocycles. The Bertz CT molecular complexity index is 823. The highest BCUT2D eigenvalue weighted by Gasteiger charge is 2.17. The highest BCUT2D eigenvalue weighted by molar-refractivity contribution is 5.61. The van der Waals surface area contributed by atoms with Gasteiger partial charge >= 0.3 is 0 Å². The highest BCUT2D eigenvalue weighted by atomic mass is 19.2. The van der Waals surface area contributed by atoms with Gasteiger partial charge in [0.15, 0.2) is 5.83 Å². The number of aryl methyl sites for hydroxylation is 1. The minimum atomic E-state index is -1.29. The summed E-state index contributed by atoms with van der Waals surface area (Å²) in [7, 11) is 0. The second-order valence-corrected chi connectivity index (χ2v) is 6.68. The fraction of sp³-hybridized carbons (Fsp3) is 0.364. The number of hydrogen-bond donors (Lipinski definition) is 0. The summed E-state index contributed by atoms with van der Waals surface area (Å²) < 4.78 is 84.0. The predicted molar refractivity (Wildman–Crippen MR) is 98.2 cm³/mol. The van der Waals surface area contributed by atoms with Crippen molar-refractivity contribution in [3.05, 3.63) is 75.6 Å². The molecule has 0 heterocycles. The van der Waals surface area contributed by atoms with Crippen LogP contribution in [0.1, 0.15) is 55.4 Å². The maximum absolute atomic E-state index is 14.2. The van der Waals surface area contributed by atoms with E-state index in [4.69, 9.17) is 0 Å². The predicted octanol–water partition coefficient (Wildman–Crippen LogP) is 7.39. The fourth-order valence-electron chi connectivity index (χ4n) is 3.01. The second kappa shape index (κ2) is 9.80. The maximum atomic E-state index is 14.2. The van der Waals surface area contributed by atoms with Gasteiger partial charge in [-0.3, -0.25) is 0 Å². The van der Waals surface area contributed by atoms with Crippen LogP contribution in [0.2, 0.25) is 0 Å². The molecule has 0 atom stereocenters. The third kappa shape index (κ3) is 5.18. The third-order valence-corrected chi connectivity index (χ3v) is 4.47. The lowest BCUT2D eigenvalue weighted by Crippen LogP contribution is -2.03. The summed E-state index contributed by atoms with van der Waals surface area (Å²) in [5, 5.41) is 0. The molecule has 0 bridgehead atoms. The van der Waals surface area contributed by atoms with Gasteiger partial charge in [-0.2, -0.15) is 0 Å². The molecule has 0 unspecified atom stereocenters. The van der Waals surface area contributed by atoms with Crippen LogP contribution in [-0.4, -0.2) is 0 Å². The van der Waals surface area contributed by atoms with Crippen LogP contribution >= 0.6 is 0 Å². The Kier molecular flexibility index (Phi) is 7.72. The van der Waals surface area contributed by atoms with Gasteiger partial charge in [0.25, 0.3) is 0 Å². The van der Waals surface area contributed by atoms with Crippen LogP contribution < -0.4 is 0 Å². The van der Waals surface area contributed by atoms with Crippen molar-refractivity contribution >= 4 is 5.83 Å². The van der Waals surface area contributed by atoms with E-state index < -0.39 is 40.5 Å². The summed E-state index contributed by atoms with van der Waals surface area (Å²) in [6.07, 6.45) is 0.854. The Morgan fingerprint density at radius 2 is 1.18 bits per heavy atom. The molecular formula is C22H22F6.